The van der Waals surface area contributed by atoms with Gasteiger partial charge in [0.1, 0.15) is 5.92 Å². The van der Waals surface area contributed by atoms with Crippen LogP contribution in [0.5, 0.6) is 11.5 Å². The van der Waals surface area contributed by atoms with Gasteiger partial charge in [-0.05, 0) is 43.2 Å². The fourth-order valence-electron chi connectivity index (χ4n) is 3.40. The van der Waals surface area contributed by atoms with Crippen molar-refractivity contribution >= 4 is 23.3 Å². The lowest BCUT2D eigenvalue weighted by Gasteiger charge is -2.17. The number of ether oxygens (including phenoxy) is 2. The zero-order valence-corrected chi connectivity index (χ0v) is 16.4. The number of fused-ring (bicyclic) bond motifs is 1. The van der Waals surface area contributed by atoms with E-state index in [0.29, 0.717) is 41.3 Å². The number of carboxylic acids is 1. The van der Waals surface area contributed by atoms with Crippen LogP contribution in [0.4, 0.5) is 5.69 Å². The molecule has 1 atom stereocenters. The van der Waals surface area contributed by atoms with Crippen molar-refractivity contribution in [2.24, 2.45) is 0 Å². The van der Waals surface area contributed by atoms with Crippen molar-refractivity contribution < 1.29 is 29.0 Å². The minimum Gasteiger partial charge on any atom is -0.493 e. The molecule has 1 heterocycles. The van der Waals surface area contributed by atoms with Gasteiger partial charge in [-0.25, -0.2) is 0 Å². The molecule has 1 amide bonds. The summed E-state index contributed by atoms with van der Waals surface area (Å²) >= 11 is 0. The second-order valence-corrected chi connectivity index (χ2v) is 6.83. The molecule has 3 rings (SSSR count). The molecule has 0 saturated heterocycles. The molecule has 0 saturated carbocycles. The summed E-state index contributed by atoms with van der Waals surface area (Å²) in [5.74, 6) is -0.869. The normalized spacial score (nSPS) is 15.0. The Balaban J connectivity index is 1.57. The van der Waals surface area contributed by atoms with Gasteiger partial charge in [-0.2, -0.15) is 0 Å². The zero-order chi connectivity index (χ0) is 21.0. The first kappa shape index (κ1) is 20.4. The van der Waals surface area contributed by atoms with Gasteiger partial charge in [0.2, 0.25) is 5.91 Å². The second-order valence-electron chi connectivity index (χ2n) is 6.83. The summed E-state index contributed by atoms with van der Waals surface area (Å²) in [5.41, 5.74) is 1.86. The summed E-state index contributed by atoms with van der Waals surface area (Å²) in [7, 11) is 1.50. The number of para-hydroxylation sites is 1. The number of anilines is 1. The number of rotatable bonds is 8. The van der Waals surface area contributed by atoms with E-state index in [1.54, 1.807) is 42.5 Å². The lowest BCUT2D eigenvalue weighted by Crippen LogP contribution is -2.31. The van der Waals surface area contributed by atoms with Crippen LogP contribution in [0.25, 0.3) is 0 Å². The molecule has 1 N–H and O–H groups in total. The number of benzene rings is 2. The molecule has 152 valence electrons. The number of aliphatic carboxylic acids is 1. The molecule has 1 aliphatic rings. The Kier molecular flexibility index (Phi) is 6.16. The molecule has 1 aliphatic heterocycles. The summed E-state index contributed by atoms with van der Waals surface area (Å²) in [6, 6.07) is 12.1. The van der Waals surface area contributed by atoms with Crippen molar-refractivity contribution in [1.82, 2.24) is 0 Å². The van der Waals surface area contributed by atoms with E-state index in [2.05, 4.69) is 0 Å². The van der Waals surface area contributed by atoms with Gasteiger partial charge in [0.15, 0.2) is 17.3 Å². The Morgan fingerprint density at radius 3 is 2.59 bits per heavy atom. The number of carbonyl (C=O) groups excluding carboxylic acids is 2. The van der Waals surface area contributed by atoms with Crippen molar-refractivity contribution in [2.45, 2.75) is 25.7 Å². The monoisotopic (exact) mass is 397 g/mol. The van der Waals surface area contributed by atoms with Gasteiger partial charge in [-0.1, -0.05) is 18.2 Å². The van der Waals surface area contributed by atoms with E-state index in [0.717, 1.165) is 0 Å². The molecule has 0 spiro atoms. The van der Waals surface area contributed by atoms with E-state index in [9.17, 15) is 19.5 Å². The molecule has 29 heavy (non-hydrogen) atoms. The third-order valence-corrected chi connectivity index (χ3v) is 4.93. The van der Waals surface area contributed by atoms with E-state index in [1.165, 1.54) is 18.9 Å². The maximum atomic E-state index is 12.6. The van der Waals surface area contributed by atoms with Crippen LogP contribution in [0.2, 0.25) is 0 Å². The van der Waals surface area contributed by atoms with E-state index in [-0.39, 0.29) is 24.7 Å². The van der Waals surface area contributed by atoms with Crippen LogP contribution in [-0.2, 0) is 9.59 Å². The highest BCUT2D eigenvalue weighted by Gasteiger charge is 2.35. The number of carbonyl (C=O) groups is 3. The van der Waals surface area contributed by atoms with Crippen molar-refractivity contribution in [1.29, 1.82) is 0 Å². The number of ketones is 1. The fraction of sp³-hybridized carbons (Fsp3) is 0.318. The first-order valence-corrected chi connectivity index (χ1v) is 9.36. The van der Waals surface area contributed by atoms with Crippen LogP contribution >= 0.6 is 0 Å². The number of amides is 1. The third-order valence-electron chi connectivity index (χ3n) is 4.93. The van der Waals surface area contributed by atoms with Gasteiger partial charge in [0.25, 0.3) is 0 Å². The van der Waals surface area contributed by atoms with E-state index >= 15 is 0 Å². The molecule has 0 bridgehead atoms. The van der Waals surface area contributed by atoms with Gasteiger partial charge < -0.3 is 19.5 Å². The molecular weight excluding hydrogens is 374 g/mol. The lowest BCUT2D eigenvalue weighted by atomic mass is 10.0. The maximum Gasteiger partial charge on any atom is 0.312 e. The van der Waals surface area contributed by atoms with E-state index in [1.807, 2.05) is 0 Å². The summed E-state index contributed by atoms with van der Waals surface area (Å²) < 4.78 is 11.0. The Bertz CT molecular complexity index is 939. The Labute approximate surface area is 168 Å². The molecule has 0 aliphatic carbocycles. The lowest BCUT2D eigenvalue weighted by molar-refractivity contribution is -0.138. The smallest absolute Gasteiger partial charge is 0.312 e. The quantitative estimate of drug-likeness (QED) is 0.543. The van der Waals surface area contributed by atoms with Gasteiger partial charge >= 0.3 is 5.97 Å². The standard InChI is InChI=1S/C22H23NO6/c1-14(24)15-9-10-19(20(12-15)28-2)29-11-5-8-21(25)23-13-17(22(26)27)16-6-3-4-7-18(16)23/h3-4,6-7,9-10,12,17H,5,8,11,13H2,1-2H3,(H,26,27). The summed E-state index contributed by atoms with van der Waals surface area (Å²) in [6.07, 6.45) is 0.696. The molecule has 2 aromatic carbocycles. The van der Waals surface area contributed by atoms with Crippen LogP contribution in [-0.4, -0.2) is 43.0 Å². The molecule has 2 aromatic rings. The van der Waals surface area contributed by atoms with Crippen LogP contribution < -0.4 is 14.4 Å². The van der Waals surface area contributed by atoms with Crippen molar-refractivity contribution in [3.63, 3.8) is 0 Å². The van der Waals surface area contributed by atoms with Crippen molar-refractivity contribution in [3.8, 4) is 11.5 Å². The Morgan fingerprint density at radius 1 is 1.14 bits per heavy atom. The van der Waals surface area contributed by atoms with Gasteiger partial charge in [0.05, 0.1) is 13.7 Å². The van der Waals surface area contributed by atoms with Gasteiger partial charge in [0, 0.05) is 24.2 Å². The van der Waals surface area contributed by atoms with E-state index in [4.69, 9.17) is 9.47 Å². The van der Waals surface area contributed by atoms with Crippen LogP contribution in [0.15, 0.2) is 42.5 Å². The minimum atomic E-state index is -0.933. The summed E-state index contributed by atoms with van der Waals surface area (Å²) in [5, 5.41) is 9.41. The third kappa shape index (κ3) is 4.39. The largest absolute Gasteiger partial charge is 0.493 e. The first-order chi connectivity index (χ1) is 13.9. The van der Waals surface area contributed by atoms with Crippen LogP contribution in [0.3, 0.4) is 0 Å². The van der Waals surface area contributed by atoms with Crippen molar-refractivity contribution in [2.75, 3.05) is 25.2 Å². The Hall–Kier alpha value is -3.35. The average Bonchev–Trinajstić information content (AvgIpc) is 3.11. The van der Waals surface area contributed by atoms with E-state index < -0.39 is 11.9 Å². The molecule has 1 unspecified atom stereocenters. The number of hydrogen-bond donors (Lipinski definition) is 1. The highest BCUT2D eigenvalue weighted by Crippen LogP contribution is 2.36. The molecule has 7 nitrogen and oxygen atoms in total. The highest BCUT2D eigenvalue weighted by molar-refractivity contribution is 5.99. The summed E-state index contributed by atoms with van der Waals surface area (Å²) in [6.45, 7) is 1.92. The highest BCUT2D eigenvalue weighted by atomic mass is 16.5. The fourth-order valence-corrected chi connectivity index (χ4v) is 3.40. The Morgan fingerprint density at radius 2 is 1.90 bits per heavy atom. The molecule has 7 heteroatoms. The number of carboxylic acid groups (broad SMARTS) is 1. The first-order valence-electron chi connectivity index (χ1n) is 9.36. The molecule has 0 fully saturated rings. The number of methoxy groups -OCH3 is 1. The average molecular weight is 397 g/mol. The number of nitrogens with zero attached hydrogens (tertiary/aromatic N) is 1. The second kappa shape index (κ2) is 8.77. The predicted molar refractivity (Wildman–Crippen MR) is 107 cm³/mol. The van der Waals surface area contributed by atoms with Crippen LogP contribution in [0.1, 0.15) is 41.6 Å². The molecular formula is C22H23NO6. The molecule has 0 radical (unpaired) electrons. The number of hydrogen-bond acceptors (Lipinski definition) is 5. The molecule has 0 aromatic heterocycles. The SMILES string of the molecule is COc1cc(C(C)=O)ccc1OCCCC(=O)N1CC(C(=O)O)c2ccccc21. The summed E-state index contributed by atoms with van der Waals surface area (Å²) in [4.78, 5) is 37.1. The van der Waals surface area contributed by atoms with Gasteiger partial charge in [-0.15, -0.1) is 0 Å². The number of Topliss-reactive ketones (excluding diaryl/α,β-unsaturated/α-hetero) is 1. The topological polar surface area (TPSA) is 93.1 Å². The van der Waals surface area contributed by atoms with Crippen molar-refractivity contribution in [3.05, 3.63) is 53.6 Å². The minimum absolute atomic E-state index is 0.0639. The van der Waals surface area contributed by atoms with Crippen LogP contribution in [0, 0.1) is 0 Å². The van der Waals surface area contributed by atoms with Gasteiger partial charge in [-0.3, -0.25) is 14.4 Å². The zero-order valence-electron chi connectivity index (χ0n) is 16.4. The maximum absolute atomic E-state index is 12.6. The predicted octanol–water partition coefficient (Wildman–Crippen LogP) is 3.27.